The number of nitrogens with zero attached hydrogens (tertiary/aromatic N) is 7. The molecular formula is C25H25N9O2S. The third-order valence-electron chi connectivity index (χ3n) is 5.96. The highest BCUT2D eigenvalue weighted by molar-refractivity contribution is 7.16. The van der Waals surface area contributed by atoms with Crippen LogP contribution in [0.3, 0.4) is 0 Å². The van der Waals surface area contributed by atoms with Gasteiger partial charge < -0.3 is 15.5 Å². The molecule has 4 aromatic rings. The van der Waals surface area contributed by atoms with Gasteiger partial charge in [-0.2, -0.15) is 10.4 Å². The average molecular weight is 516 g/mol. The number of amides is 2. The molecule has 0 unspecified atom stereocenters. The Kier molecular flexibility index (Phi) is 6.54. The largest absolute Gasteiger partial charge is 0.382 e. The highest BCUT2D eigenvalue weighted by Gasteiger charge is 2.29. The van der Waals surface area contributed by atoms with E-state index in [1.165, 1.54) is 24.5 Å². The van der Waals surface area contributed by atoms with Crippen molar-refractivity contribution in [1.29, 1.82) is 5.26 Å². The minimum absolute atomic E-state index is 0.0430. The molecule has 1 aliphatic rings. The zero-order valence-corrected chi connectivity index (χ0v) is 21.4. The number of aromatic nitrogens is 5. The molecule has 2 N–H and O–H groups in total. The molecule has 2 amide bonds. The van der Waals surface area contributed by atoms with Gasteiger partial charge in [-0.15, -0.1) is 10.2 Å². The molecule has 0 bridgehead atoms. The summed E-state index contributed by atoms with van der Waals surface area (Å²) in [7, 11) is 0. The summed E-state index contributed by atoms with van der Waals surface area (Å²) < 4.78 is 1.74. The maximum atomic E-state index is 13.0. The van der Waals surface area contributed by atoms with Crippen LogP contribution in [0.15, 0.2) is 36.7 Å². The predicted octanol–water partition coefficient (Wildman–Crippen LogP) is 2.96. The highest BCUT2D eigenvalue weighted by Crippen LogP contribution is 2.34. The maximum absolute atomic E-state index is 13.0. The van der Waals surface area contributed by atoms with Gasteiger partial charge in [0.2, 0.25) is 10.9 Å². The lowest BCUT2D eigenvalue weighted by atomic mass is 10.1. The minimum Gasteiger partial charge on any atom is -0.382 e. The van der Waals surface area contributed by atoms with Crippen LogP contribution in [0.1, 0.15) is 42.6 Å². The van der Waals surface area contributed by atoms with Gasteiger partial charge in [-0.25, -0.2) is 4.52 Å². The molecule has 37 heavy (non-hydrogen) atoms. The standard InChI is InChI=1S/C25H25N9O2S/c1-14(2)29-20-9-21(22-5-4-18-8-16(10-26)11-28-34(18)22)27-12-19(20)23-31-32-24(37-23)25(36)33-7-6-17(13-33)30-15(3)35/h4-5,8-9,11-12,14,17H,6-7,13H2,1-3H3,(H,27,29)(H,30,35)/t17-/m0/s1. The Morgan fingerprint density at radius 3 is 2.81 bits per heavy atom. The van der Waals surface area contributed by atoms with E-state index in [4.69, 9.17) is 5.26 Å². The number of carbonyl (C=O) groups excluding carboxylic acids is 2. The van der Waals surface area contributed by atoms with Gasteiger partial charge in [0.15, 0.2) is 5.01 Å². The number of anilines is 1. The van der Waals surface area contributed by atoms with Gasteiger partial charge in [-0.05, 0) is 44.5 Å². The van der Waals surface area contributed by atoms with E-state index < -0.39 is 0 Å². The number of nitrogens with one attached hydrogen (secondary N) is 2. The number of nitriles is 1. The van der Waals surface area contributed by atoms with Crippen molar-refractivity contribution in [3.05, 3.63) is 47.2 Å². The van der Waals surface area contributed by atoms with Crippen LogP contribution in [0.25, 0.3) is 27.5 Å². The molecular weight excluding hydrogens is 490 g/mol. The smallest absolute Gasteiger partial charge is 0.284 e. The second-order valence-corrected chi connectivity index (χ2v) is 10.2. The number of likely N-dealkylation sites (tertiary alicyclic amines) is 1. The molecule has 1 atom stereocenters. The Balaban J connectivity index is 1.44. The number of hydrogen-bond acceptors (Lipinski definition) is 9. The molecule has 5 rings (SSSR count). The van der Waals surface area contributed by atoms with Crippen molar-refractivity contribution in [1.82, 2.24) is 35.0 Å². The van der Waals surface area contributed by atoms with Crippen LogP contribution in [-0.2, 0) is 4.79 Å². The summed E-state index contributed by atoms with van der Waals surface area (Å²) in [5.74, 6) is -0.295. The first-order valence-corrected chi connectivity index (χ1v) is 12.7. The van der Waals surface area contributed by atoms with Crippen molar-refractivity contribution in [3.63, 3.8) is 0 Å². The summed E-state index contributed by atoms with van der Waals surface area (Å²) in [5, 5.41) is 29.2. The molecule has 0 radical (unpaired) electrons. The zero-order chi connectivity index (χ0) is 26.1. The van der Waals surface area contributed by atoms with Crippen molar-refractivity contribution >= 4 is 34.4 Å². The van der Waals surface area contributed by atoms with E-state index in [2.05, 4.69) is 37.0 Å². The Bertz CT molecular complexity index is 1530. The van der Waals surface area contributed by atoms with Crippen LogP contribution in [0, 0.1) is 11.3 Å². The van der Waals surface area contributed by atoms with Crippen molar-refractivity contribution in [2.24, 2.45) is 0 Å². The number of carbonyl (C=O) groups is 2. The van der Waals surface area contributed by atoms with Crippen LogP contribution in [0.4, 0.5) is 5.69 Å². The average Bonchev–Trinajstić information content (AvgIpc) is 3.62. The van der Waals surface area contributed by atoms with Crippen LogP contribution in [0.5, 0.6) is 0 Å². The molecule has 12 heteroatoms. The van der Waals surface area contributed by atoms with Crippen LogP contribution >= 0.6 is 11.3 Å². The van der Waals surface area contributed by atoms with Crippen molar-refractivity contribution in [3.8, 4) is 28.0 Å². The fraction of sp³-hybridized carbons (Fsp3) is 0.320. The van der Waals surface area contributed by atoms with E-state index in [1.807, 2.05) is 32.0 Å². The molecule has 5 heterocycles. The van der Waals surface area contributed by atoms with Crippen LogP contribution < -0.4 is 10.6 Å². The third kappa shape index (κ3) is 4.99. The fourth-order valence-electron chi connectivity index (χ4n) is 4.35. The van der Waals surface area contributed by atoms with Crippen molar-refractivity contribution in [2.75, 3.05) is 18.4 Å². The topological polar surface area (TPSA) is 141 Å². The molecule has 0 saturated carbocycles. The first-order chi connectivity index (χ1) is 17.8. The molecule has 1 saturated heterocycles. The van der Waals surface area contributed by atoms with Gasteiger partial charge in [0.05, 0.1) is 34.2 Å². The van der Waals surface area contributed by atoms with Gasteiger partial charge in [-0.1, -0.05) is 11.3 Å². The summed E-state index contributed by atoms with van der Waals surface area (Å²) in [4.78, 5) is 30.7. The SMILES string of the molecule is CC(=O)N[C@H]1CCN(C(=O)c2nnc(-c3cnc(-c4ccc5cc(C#N)cnn45)cc3NC(C)C)s2)C1. The monoisotopic (exact) mass is 515 g/mol. The second-order valence-electron chi connectivity index (χ2n) is 9.18. The summed E-state index contributed by atoms with van der Waals surface area (Å²) in [6.07, 6.45) is 3.96. The van der Waals surface area contributed by atoms with E-state index >= 15 is 0 Å². The van der Waals surface area contributed by atoms with E-state index in [1.54, 1.807) is 21.7 Å². The van der Waals surface area contributed by atoms with Crippen LogP contribution in [-0.4, -0.2) is 66.7 Å². The Labute approximate surface area is 217 Å². The number of pyridine rings is 1. The van der Waals surface area contributed by atoms with E-state index in [9.17, 15) is 9.59 Å². The van der Waals surface area contributed by atoms with Gasteiger partial charge in [-0.3, -0.25) is 14.6 Å². The van der Waals surface area contributed by atoms with Crippen LogP contribution in [0.2, 0.25) is 0 Å². The summed E-state index contributed by atoms with van der Waals surface area (Å²) in [6, 6.07) is 9.71. The van der Waals surface area contributed by atoms with E-state index in [0.717, 1.165) is 22.5 Å². The lowest BCUT2D eigenvalue weighted by Gasteiger charge is -2.15. The molecule has 0 spiro atoms. The lowest BCUT2D eigenvalue weighted by Crippen LogP contribution is -2.37. The van der Waals surface area contributed by atoms with Gasteiger partial charge in [0.1, 0.15) is 6.07 Å². The Morgan fingerprint density at radius 2 is 2.05 bits per heavy atom. The molecule has 1 aliphatic heterocycles. The predicted molar refractivity (Wildman–Crippen MR) is 139 cm³/mol. The van der Waals surface area contributed by atoms with Gasteiger partial charge in [0, 0.05) is 44.0 Å². The maximum Gasteiger partial charge on any atom is 0.284 e. The number of rotatable bonds is 6. The third-order valence-corrected chi connectivity index (χ3v) is 6.91. The zero-order valence-electron chi connectivity index (χ0n) is 20.6. The van der Waals surface area contributed by atoms with E-state index in [0.29, 0.717) is 40.8 Å². The molecule has 1 fully saturated rings. The summed E-state index contributed by atoms with van der Waals surface area (Å²) in [6.45, 7) is 6.57. The van der Waals surface area contributed by atoms with Gasteiger partial charge in [0.25, 0.3) is 5.91 Å². The Morgan fingerprint density at radius 1 is 1.22 bits per heavy atom. The second kappa shape index (κ2) is 9.94. The molecule has 11 nitrogen and oxygen atoms in total. The normalized spacial score (nSPS) is 15.2. The van der Waals surface area contributed by atoms with E-state index in [-0.39, 0.29) is 23.9 Å². The summed E-state index contributed by atoms with van der Waals surface area (Å²) in [5.41, 5.74) is 4.33. The first-order valence-electron chi connectivity index (χ1n) is 11.9. The molecule has 0 aliphatic carbocycles. The molecule has 4 aromatic heterocycles. The fourth-order valence-corrected chi connectivity index (χ4v) is 5.19. The molecule has 188 valence electrons. The summed E-state index contributed by atoms with van der Waals surface area (Å²) >= 11 is 1.22. The Hall–Kier alpha value is -4.37. The van der Waals surface area contributed by atoms with Gasteiger partial charge >= 0.3 is 0 Å². The van der Waals surface area contributed by atoms with Crippen molar-refractivity contribution < 1.29 is 9.59 Å². The highest BCUT2D eigenvalue weighted by atomic mass is 32.1. The quantitative estimate of drug-likeness (QED) is 0.399. The first kappa shape index (κ1) is 24.3. The number of hydrogen-bond donors (Lipinski definition) is 2. The minimum atomic E-state index is -0.193. The number of fused-ring (bicyclic) bond motifs is 1. The lowest BCUT2D eigenvalue weighted by molar-refractivity contribution is -0.119. The van der Waals surface area contributed by atoms with Crippen molar-refractivity contribution in [2.45, 2.75) is 39.3 Å². The molecule has 0 aromatic carbocycles.